The third kappa shape index (κ3) is 18.4. The van der Waals surface area contributed by atoms with Crippen molar-refractivity contribution < 1.29 is 66.7 Å². The van der Waals surface area contributed by atoms with E-state index >= 15 is 0 Å². The van der Waals surface area contributed by atoms with Crippen LogP contribution in [0.1, 0.15) is 88.7 Å². The standard InChI is InChI=1S/C22H19NO3.C20H21FO3.C16H12N2O4S.C16H21NO3/c1-14-7-9-15(10-8-14)11-22(24)23-18-13-20-17(12-21(18)25-2)16-5-3-4-6-19(16)26-20;21-18-11-9-15(10-12-18)7-4-8-19(22)14-17(20(23)24)13-16-5-2-1-3-6-16;1-20-11-5-3-2-4-9(11)15(19)18-16-17-10-6-12-13(22-8-21-12)7-14(10)23-16;1-10-7-8-12(9-11(10)2)17-15(18)13-5-3-4-6-14(13)16(19)20/h3-10,12-13H,11H2,1-2H3,(H,23,24);1-3,5-6,9-12,17H,4,7-8,13-14H2,(H,23,24);2-7H,8H2,1H3,(H,17,18,19);7-9,13-14H,3-6H2,1-2H3,(H,17,18)(H,19,20)/t;17-;;/m.1../s1. The summed E-state index contributed by atoms with van der Waals surface area (Å²) in [5.74, 6) is -1.79. The number of Topliss-reactive ketones (excluding diaryl/α,β-unsaturated/α-hetero) is 1. The van der Waals surface area contributed by atoms with E-state index in [0.717, 1.165) is 72.9 Å². The summed E-state index contributed by atoms with van der Waals surface area (Å²) in [5, 5.41) is 29.7. The molecule has 0 spiro atoms. The zero-order valence-corrected chi connectivity index (χ0v) is 53.1. The highest BCUT2D eigenvalue weighted by molar-refractivity contribution is 7.22. The highest BCUT2D eigenvalue weighted by Gasteiger charge is 2.36. The van der Waals surface area contributed by atoms with E-state index in [2.05, 4.69) is 20.9 Å². The molecule has 2 aromatic heterocycles. The molecule has 93 heavy (non-hydrogen) atoms. The summed E-state index contributed by atoms with van der Waals surface area (Å²) in [4.78, 5) is 76.3. The number of halogens is 1. The van der Waals surface area contributed by atoms with E-state index < -0.39 is 29.7 Å². The van der Waals surface area contributed by atoms with Crippen LogP contribution < -0.4 is 34.9 Å². The van der Waals surface area contributed by atoms with Gasteiger partial charge in [0, 0.05) is 47.5 Å². The van der Waals surface area contributed by atoms with Gasteiger partial charge in [0.05, 0.1) is 59.9 Å². The number of fused-ring (bicyclic) bond motifs is 5. The molecule has 480 valence electrons. The van der Waals surface area contributed by atoms with Crippen molar-refractivity contribution in [2.45, 2.75) is 85.0 Å². The fraction of sp³-hybridized carbons (Fsp3) is 0.257. The van der Waals surface area contributed by atoms with Crippen LogP contribution in [0.4, 0.5) is 20.9 Å². The minimum Gasteiger partial charge on any atom is -0.496 e. The van der Waals surface area contributed by atoms with E-state index in [9.17, 15) is 43.4 Å². The molecule has 1 aliphatic carbocycles. The van der Waals surface area contributed by atoms with Crippen molar-refractivity contribution in [1.29, 1.82) is 0 Å². The highest BCUT2D eigenvalue weighted by Crippen LogP contribution is 2.40. The lowest BCUT2D eigenvalue weighted by Gasteiger charge is -2.27. The summed E-state index contributed by atoms with van der Waals surface area (Å²) in [6.07, 6.45) is 5.46. The number of nitrogens with one attached hydrogen (secondary N) is 3. The lowest BCUT2D eigenvalue weighted by molar-refractivity contribution is -0.147. The minimum atomic E-state index is -0.939. The van der Waals surface area contributed by atoms with Gasteiger partial charge >= 0.3 is 11.9 Å². The lowest BCUT2D eigenvalue weighted by atomic mass is 9.78. The Balaban J connectivity index is 0.000000147. The topological polar surface area (TPSA) is 242 Å². The number of aryl methyl sites for hydroxylation is 4. The average molecular weight is 1280 g/mol. The number of furan rings is 1. The minimum absolute atomic E-state index is 0.0413. The van der Waals surface area contributed by atoms with Gasteiger partial charge in [-0.2, -0.15) is 0 Å². The molecule has 8 aromatic carbocycles. The van der Waals surface area contributed by atoms with Gasteiger partial charge in [0.25, 0.3) is 5.91 Å². The number of carbonyl (C=O) groups excluding carboxylic acids is 4. The molecule has 12 rings (SSSR count). The van der Waals surface area contributed by atoms with Crippen molar-refractivity contribution in [3.05, 3.63) is 215 Å². The summed E-state index contributed by atoms with van der Waals surface area (Å²) in [6, 6.07) is 51.5. The smallest absolute Gasteiger partial charge is 0.307 e. The Labute approximate surface area is 541 Å². The van der Waals surface area contributed by atoms with Crippen molar-refractivity contribution in [2.24, 2.45) is 17.8 Å². The number of carboxylic acids is 2. The number of benzene rings is 8. The molecule has 2 unspecified atom stereocenters. The summed E-state index contributed by atoms with van der Waals surface area (Å²) in [7, 11) is 3.13. The number of anilines is 3. The van der Waals surface area contributed by atoms with Gasteiger partial charge in [-0.3, -0.25) is 34.1 Å². The van der Waals surface area contributed by atoms with Gasteiger partial charge < -0.3 is 44.2 Å². The number of aromatic nitrogens is 1. The van der Waals surface area contributed by atoms with Crippen LogP contribution in [0.2, 0.25) is 0 Å². The molecule has 10 aromatic rings. The van der Waals surface area contributed by atoms with E-state index in [0.29, 0.717) is 84.3 Å². The summed E-state index contributed by atoms with van der Waals surface area (Å²) in [6.45, 7) is 6.26. The summed E-state index contributed by atoms with van der Waals surface area (Å²) >= 11 is 1.38. The molecular weight excluding hydrogens is 1200 g/mol. The number of amides is 3. The van der Waals surface area contributed by atoms with Gasteiger partial charge in [-0.15, -0.1) is 0 Å². The molecule has 0 radical (unpaired) electrons. The average Bonchev–Trinajstić information content (AvgIpc) is 1.65. The molecule has 1 aliphatic heterocycles. The Morgan fingerprint density at radius 2 is 1.33 bits per heavy atom. The number of ether oxygens (including phenoxy) is 4. The van der Waals surface area contributed by atoms with Crippen LogP contribution in [0.5, 0.6) is 23.0 Å². The fourth-order valence-electron chi connectivity index (χ4n) is 10.9. The predicted molar refractivity (Wildman–Crippen MR) is 358 cm³/mol. The number of carboxylic acid groups (broad SMARTS) is 2. The third-order valence-electron chi connectivity index (χ3n) is 16.1. The van der Waals surface area contributed by atoms with E-state index in [4.69, 9.17) is 23.4 Å². The Hall–Kier alpha value is -10.4. The summed E-state index contributed by atoms with van der Waals surface area (Å²) in [5.41, 5.74) is 10.4. The number of methoxy groups -OCH3 is 2. The molecule has 3 heterocycles. The monoisotopic (exact) mass is 1280 g/mol. The van der Waals surface area contributed by atoms with Gasteiger partial charge in [-0.05, 0) is 129 Å². The van der Waals surface area contributed by atoms with Crippen LogP contribution in [0, 0.1) is 44.3 Å². The van der Waals surface area contributed by atoms with Gasteiger partial charge in [0.2, 0.25) is 18.6 Å². The van der Waals surface area contributed by atoms with Crippen LogP contribution in [0.15, 0.2) is 174 Å². The molecule has 2 aliphatic rings. The quantitative estimate of drug-likeness (QED) is 0.0506. The van der Waals surface area contributed by atoms with Crippen molar-refractivity contribution in [2.75, 3.05) is 37.0 Å². The van der Waals surface area contributed by atoms with Gasteiger partial charge in [-0.1, -0.05) is 133 Å². The number of hydrogen-bond acceptors (Lipinski definition) is 13. The number of para-hydroxylation sites is 2. The molecule has 0 bridgehead atoms. The van der Waals surface area contributed by atoms with E-state index in [1.54, 1.807) is 37.4 Å². The maximum absolute atomic E-state index is 12.8. The zero-order valence-electron chi connectivity index (χ0n) is 52.3. The molecule has 1 fully saturated rings. The van der Waals surface area contributed by atoms with Crippen molar-refractivity contribution in [3.63, 3.8) is 0 Å². The van der Waals surface area contributed by atoms with Crippen LogP contribution in [-0.2, 0) is 43.2 Å². The summed E-state index contributed by atoms with van der Waals surface area (Å²) < 4.78 is 41.0. The van der Waals surface area contributed by atoms with Crippen LogP contribution in [0.25, 0.3) is 32.2 Å². The molecule has 17 nitrogen and oxygen atoms in total. The number of ketones is 1. The van der Waals surface area contributed by atoms with E-state index in [1.165, 1.54) is 41.7 Å². The predicted octanol–water partition coefficient (Wildman–Crippen LogP) is 15.6. The van der Waals surface area contributed by atoms with E-state index in [1.807, 2.05) is 148 Å². The fourth-order valence-corrected chi connectivity index (χ4v) is 11.8. The maximum Gasteiger partial charge on any atom is 0.307 e. The first-order valence-corrected chi connectivity index (χ1v) is 31.4. The Morgan fingerprint density at radius 1 is 0.656 bits per heavy atom. The first kappa shape index (κ1) is 67.0. The number of hydrogen-bond donors (Lipinski definition) is 5. The molecule has 5 N–H and O–H groups in total. The van der Waals surface area contributed by atoms with Gasteiger partial charge in [-0.25, -0.2) is 9.37 Å². The van der Waals surface area contributed by atoms with Gasteiger partial charge in [0.15, 0.2) is 16.6 Å². The van der Waals surface area contributed by atoms with E-state index in [-0.39, 0.29) is 42.5 Å². The van der Waals surface area contributed by atoms with Crippen LogP contribution in [0.3, 0.4) is 0 Å². The number of carbonyl (C=O) groups is 6. The molecule has 3 amide bonds. The highest BCUT2D eigenvalue weighted by atomic mass is 32.1. The normalized spacial score (nSPS) is 14.0. The zero-order chi connectivity index (χ0) is 66.0. The van der Waals surface area contributed by atoms with Crippen molar-refractivity contribution in [1.82, 2.24) is 4.98 Å². The largest absolute Gasteiger partial charge is 0.496 e. The Morgan fingerprint density at radius 3 is 2.04 bits per heavy atom. The number of aliphatic carboxylic acids is 2. The number of rotatable bonds is 19. The molecular formula is C74H73FN4O13S. The third-order valence-corrected chi connectivity index (χ3v) is 17.0. The SMILES string of the molecule is COc1cc2c(cc1NC(=O)Cc1ccc(C)cc1)oc1ccccc12.COc1ccccc1C(=O)Nc1nc2cc3c(cc2s1)OCO3.Cc1ccc(NC(=O)C2CCCCC2C(=O)O)cc1C.O=C(CCCc1ccc(F)cc1)C[C@@H](Cc1ccccc1)C(=O)O. The Bertz CT molecular complexity index is 4220. The van der Waals surface area contributed by atoms with Crippen molar-refractivity contribution in [3.8, 4) is 23.0 Å². The Kier molecular flexibility index (Phi) is 23.1. The van der Waals surface area contributed by atoms with Crippen LogP contribution >= 0.6 is 11.3 Å². The maximum atomic E-state index is 12.8. The van der Waals surface area contributed by atoms with Gasteiger partial charge in [0.1, 0.15) is 34.3 Å². The lowest BCUT2D eigenvalue weighted by Crippen LogP contribution is -2.36. The molecule has 19 heteroatoms. The van der Waals surface area contributed by atoms with Crippen molar-refractivity contribution >= 4 is 95.4 Å². The number of thiazole rings is 1. The molecule has 1 saturated carbocycles. The second kappa shape index (κ2) is 32.1. The molecule has 0 saturated heterocycles. The molecule has 3 atom stereocenters. The second-order valence-electron chi connectivity index (χ2n) is 22.8. The number of nitrogens with zero attached hydrogens (tertiary/aromatic N) is 1. The van der Waals surface area contributed by atoms with Crippen LogP contribution in [-0.4, -0.2) is 71.7 Å². The second-order valence-corrected chi connectivity index (χ2v) is 23.8. The first-order valence-electron chi connectivity index (χ1n) is 30.5. The first-order chi connectivity index (χ1) is 44.9.